The fourth-order valence-electron chi connectivity index (χ4n) is 5.94. The van der Waals surface area contributed by atoms with Gasteiger partial charge in [-0.2, -0.15) is 0 Å². The maximum atomic E-state index is 8.87. The summed E-state index contributed by atoms with van der Waals surface area (Å²) >= 11 is 0. The first-order chi connectivity index (χ1) is 21.4. The Labute approximate surface area is 233 Å². The maximum Gasteiger partial charge on any atom is 0.136 e. The Bertz CT molecular complexity index is 2360. The van der Waals surface area contributed by atoms with E-state index in [-0.39, 0.29) is 29.7 Å². The third-order valence-electron chi connectivity index (χ3n) is 7.53. The molecule has 0 aliphatic rings. The zero-order chi connectivity index (χ0) is 30.1. The van der Waals surface area contributed by atoms with E-state index in [4.69, 9.17) is 11.3 Å². The van der Waals surface area contributed by atoms with Gasteiger partial charge in [0.15, 0.2) is 0 Å². The van der Waals surface area contributed by atoms with Crippen molar-refractivity contribution in [3.63, 3.8) is 0 Å². The van der Waals surface area contributed by atoms with Crippen LogP contribution in [0.2, 0.25) is 0 Å². The molecule has 0 atom stereocenters. The summed E-state index contributed by atoms with van der Waals surface area (Å²) in [4.78, 5) is 0. The minimum absolute atomic E-state index is 0.156. The molecule has 39 heavy (non-hydrogen) atoms. The monoisotopic (exact) mass is 501 g/mol. The van der Waals surface area contributed by atoms with Crippen LogP contribution in [0.3, 0.4) is 0 Å². The van der Waals surface area contributed by atoms with E-state index in [2.05, 4.69) is 48.5 Å². The highest BCUT2D eigenvalue weighted by Crippen LogP contribution is 2.46. The molecule has 182 valence electrons. The standard InChI is InChI=1S/C38H24O/c1-3-13-25(14-4-1)33-23-27(24-35-38(33)32-21-11-12-22-34(32)39-35)37-30-19-9-7-17-28(30)36(26-15-5-2-6-16-26)29-18-8-10-20-31(29)37/h1-24H/i1D,3D,4D,13D,14D. The van der Waals surface area contributed by atoms with Crippen LogP contribution >= 0.6 is 0 Å². The molecule has 1 nitrogen and oxygen atoms in total. The van der Waals surface area contributed by atoms with Crippen molar-refractivity contribution in [2.24, 2.45) is 0 Å². The number of para-hydroxylation sites is 1. The molecule has 0 fully saturated rings. The predicted octanol–water partition coefficient (Wildman–Crippen LogP) is 10.9. The van der Waals surface area contributed by atoms with Gasteiger partial charge in [0.2, 0.25) is 0 Å². The Morgan fingerprint density at radius 2 is 0.974 bits per heavy atom. The van der Waals surface area contributed by atoms with E-state index < -0.39 is 6.04 Å². The van der Waals surface area contributed by atoms with Crippen LogP contribution in [-0.4, -0.2) is 0 Å². The molecule has 8 rings (SSSR count). The largest absolute Gasteiger partial charge is 0.456 e. The SMILES string of the molecule is [2H]c1c([2H])c([2H])c(-c2cc(-c3c4ccccc4c(-c4ccccc4)c4ccccc34)cc3oc4ccccc4c23)c([2H])c1[2H]. The zero-order valence-electron chi connectivity index (χ0n) is 25.9. The molecule has 0 bridgehead atoms. The predicted molar refractivity (Wildman–Crippen MR) is 165 cm³/mol. The fourth-order valence-corrected chi connectivity index (χ4v) is 5.94. The molecule has 0 amide bonds. The van der Waals surface area contributed by atoms with Gasteiger partial charge in [-0.1, -0.05) is 127 Å². The second kappa shape index (κ2) is 8.72. The molecular weight excluding hydrogens is 472 g/mol. The van der Waals surface area contributed by atoms with Crippen LogP contribution in [0, 0.1) is 0 Å². The van der Waals surface area contributed by atoms with E-state index in [9.17, 15) is 0 Å². The molecular formula is C38H24O. The van der Waals surface area contributed by atoms with Gasteiger partial charge >= 0.3 is 0 Å². The van der Waals surface area contributed by atoms with Gasteiger partial charge in [0.25, 0.3) is 0 Å². The third-order valence-corrected chi connectivity index (χ3v) is 7.53. The summed E-state index contributed by atoms with van der Waals surface area (Å²) in [6, 6.07) is 37.1. The number of rotatable bonds is 3. The van der Waals surface area contributed by atoms with Crippen molar-refractivity contribution in [3.8, 4) is 33.4 Å². The van der Waals surface area contributed by atoms with Gasteiger partial charge in [-0.3, -0.25) is 0 Å². The summed E-state index contributed by atoms with van der Waals surface area (Å²) in [6.45, 7) is 0. The summed E-state index contributed by atoms with van der Waals surface area (Å²) in [6.07, 6.45) is 0. The van der Waals surface area contributed by atoms with Gasteiger partial charge in [-0.05, 0) is 73.1 Å². The zero-order valence-corrected chi connectivity index (χ0v) is 20.9. The van der Waals surface area contributed by atoms with Gasteiger partial charge in [-0.25, -0.2) is 0 Å². The lowest BCUT2D eigenvalue weighted by Gasteiger charge is -2.18. The minimum atomic E-state index is -0.415. The lowest BCUT2D eigenvalue weighted by atomic mass is 9.85. The Kier molecular flexibility index (Phi) is 3.89. The normalized spacial score (nSPS) is 13.4. The smallest absolute Gasteiger partial charge is 0.136 e. The van der Waals surface area contributed by atoms with Crippen LogP contribution in [0.15, 0.2) is 150 Å². The average Bonchev–Trinajstić information content (AvgIpc) is 3.44. The van der Waals surface area contributed by atoms with Crippen LogP contribution in [0.5, 0.6) is 0 Å². The van der Waals surface area contributed by atoms with E-state index in [0.717, 1.165) is 54.6 Å². The second-order valence-corrected chi connectivity index (χ2v) is 9.70. The average molecular weight is 502 g/mol. The Balaban J connectivity index is 1.56. The van der Waals surface area contributed by atoms with E-state index in [0.29, 0.717) is 16.7 Å². The first-order valence-electron chi connectivity index (χ1n) is 15.5. The van der Waals surface area contributed by atoms with Crippen molar-refractivity contribution >= 4 is 43.5 Å². The van der Waals surface area contributed by atoms with Crippen molar-refractivity contribution in [1.82, 2.24) is 0 Å². The number of fused-ring (bicyclic) bond motifs is 5. The van der Waals surface area contributed by atoms with Gasteiger partial charge in [0.05, 0.1) is 6.85 Å². The lowest BCUT2D eigenvalue weighted by molar-refractivity contribution is 0.669. The van der Waals surface area contributed by atoms with Crippen molar-refractivity contribution in [3.05, 3.63) is 145 Å². The summed E-state index contributed by atoms with van der Waals surface area (Å²) in [5.74, 6) is 0. The molecule has 0 N–H and O–H groups in total. The van der Waals surface area contributed by atoms with Gasteiger partial charge in [-0.15, -0.1) is 0 Å². The van der Waals surface area contributed by atoms with Crippen molar-refractivity contribution in [2.75, 3.05) is 0 Å². The Morgan fingerprint density at radius 1 is 0.436 bits per heavy atom. The van der Waals surface area contributed by atoms with Crippen molar-refractivity contribution in [1.29, 1.82) is 0 Å². The molecule has 0 unspecified atom stereocenters. The van der Waals surface area contributed by atoms with Gasteiger partial charge < -0.3 is 4.42 Å². The summed E-state index contributed by atoms with van der Waals surface area (Å²) in [5.41, 5.74) is 6.06. The molecule has 8 aromatic rings. The Morgan fingerprint density at radius 3 is 1.62 bits per heavy atom. The second-order valence-electron chi connectivity index (χ2n) is 9.70. The summed E-state index contributed by atoms with van der Waals surface area (Å²) in [7, 11) is 0. The fraction of sp³-hybridized carbons (Fsp3) is 0. The molecule has 0 saturated carbocycles. The van der Waals surface area contributed by atoms with E-state index in [1.165, 1.54) is 0 Å². The van der Waals surface area contributed by atoms with Crippen LogP contribution in [0.1, 0.15) is 6.85 Å². The number of hydrogen-bond acceptors (Lipinski definition) is 1. The van der Waals surface area contributed by atoms with Crippen LogP contribution in [0.25, 0.3) is 76.9 Å². The lowest BCUT2D eigenvalue weighted by Crippen LogP contribution is -1.91. The molecule has 0 aliphatic heterocycles. The molecule has 0 aliphatic carbocycles. The van der Waals surface area contributed by atoms with Crippen LogP contribution in [-0.2, 0) is 0 Å². The Hall–Kier alpha value is -5.14. The highest BCUT2D eigenvalue weighted by molar-refractivity contribution is 6.23. The summed E-state index contributed by atoms with van der Waals surface area (Å²) in [5, 5.41) is 5.84. The highest BCUT2D eigenvalue weighted by atomic mass is 16.3. The molecule has 1 aromatic heterocycles. The molecule has 1 heterocycles. The van der Waals surface area contributed by atoms with Crippen LogP contribution < -0.4 is 0 Å². The highest BCUT2D eigenvalue weighted by Gasteiger charge is 2.20. The van der Waals surface area contributed by atoms with Gasteiger partial charge in [0, 0.05) is 10.8 Å². The molecule has 0 radical (unpaired) electrons. The third kappa shape index (κ3) is 3.41. The van der Waals surface area contributed by atoms with E-state index in [1.54, 1.807) is 0 Å². The molecule has 0 spiro atoms. The van der Waals surface area contributed by atoms with E-state index >= 15 is 0 Å². The molecule has 1 heteroatoms. The van der Waals surface area contributed by atoms with E-state index in [1.807, 2.05) is 66.7 Å². The first-order valence-corrected chi connectivity index (χ1v) is 13.0. The summed E-state index contributed by atoms with van der Waals surface area (Å²) < 4.78 is 49.2. The van der Waals surface area contributed by atoms with Crippen molar-refractivity contribution in [2.45, 2.75) is 0 Å². The first kappa shape index (κ1) is 17.4. The number of benzene rings is 7. The maximum absolute atomic E-state index is 8.87. The van der Waals surface area contributed by atoms with Gasteiger partial charge in [0.1, 0.15) is 11.2 Å². The van der Waals surface area contributed by atoms with Crippen LogP contribution in [0.4, 0.5) is 0 Å². The topological polar surface area (TPSA) is 13.1 Å². The minimum Gasteiger partial charge on any atom is -0.456 e. The number of furan rings is 1. The number of hydrogen-bond donors (Lipinski definition) is 0. The quantitative estimate of drug-likeness (QED) is 0.219. The van der Waals surface area contributed by atoms with Crippen molar-refractivity contribution < 1.29 is 11.3 Å². The molecule has 0 saturated heterocycles. The molecule has 7 aromatic carbocycles.